The number of amides is 1. The van der Waals surface area contributed by atoms with Crippen molar-refractivity contribution in [1.29, 1.82) is 0 Å². The number of hydrogen-bond donors (Lipinski definition) is 1. The number of anilines is 1. The molecule has 1 fully saturated rings. The summed E-state index contributed by atoms with van der Waals surface area (Å²) >= 11 is 18.4. The van der Waals surface area contributed by atoms with Crippen LogP contribution in [0.4, 0.5) is 18.9 Å². The quantitative estimate of drug-likeness (QED) is 0.504. The molecule has 2 aromatic rings. The van der Waals surface area contributed by atoms with E-state index in [0.717, 1.165) is 19.3 Å². The first-order chi connectivity index (χ1) is 16.1. The zero-order valence-corrected chi connectivity index (χ0v) is 20.2. The van der Waals surface area contributed by atoms with Gasteiger partial charge in [0.2, 0.25) is 0 Å². The Bertz CT molecular complexity index is 1070. The number of rotatable bonds is 5. The second-order valence-electron chi connectivity index (χ2n) is 8.28. The van der Waals surface area contributed by atoms with Crippen molar-refractivity contribution >= 4 is 52.2 Å². The SMILES string of the molecule is O=C(NN1CCCCC1)C1N=C(c2ccc(Cl)cc2Cl)N(c2ccc(Cl)cc2)C1CC(F)(F)F. The van der Waals surface area contributed by atoms with E-state index in [1.165, 1.54) is 11.0 Å². The molecule has 2 aliphatic heterocycles. The standard InChI is InChI=1S/C23H22Cl3F3N4O/c24-14-4-7-16(8-5-14)33-19(13-23(27,28)29)20(22(34)31-32-10-2-1-3-11-32)30-21(33)17-9-6-15(25)12-18(17)26/h4-9,12,19-20H,1-3,10-11,13H2,(H,31,34). The lowest BCUT2D eigenvalue weighted by molar-refractivity contribution is -0.141. The molecule has 2 aromatic carbocycles. The van der Waals surface area contributed by atoms with Gasteiger partial charge >= 0.3 is 6.18 Å². The lowest BCUT2D eigenvalue weighted by Gasteiger charge is -2.32. The molecule has 2 heterocycles. The van der Waals surface area contributed by atoms with Crippen LogP contribution >= 0.6 is 34.8 Å². The minimum absolute atomic E-state index is 0.164. The number of nitrogens with one attached hydrogen (secondary N) is 1. The van der Waals surface area contributed by atoms with Crippen molar-refractivity contribution in [2.75, 3.05) is 18.0 Å². The molecular formula is C23H22Cl3F3N4O. The van der Waals surface area contributed by atoms with E-state index in [1.807, 2.05) is 0 Å². The number of carbonyl (C=O) groups excluding carboxylic acids is 1. The summed E-state index contributed by atoms with van der Waals surface area (Å²) in [6.07, 6.45) is -2.92. The fourth-order valence-electron chi connectivity index (χ4n) is 4.26. The van der Waals surface area contributed by atoms with Crippen LogP contribution in [0.1, 0.15) is 31.2 Å². The number of piperidine rings is 1. The minimum Gasteiger partial charge on any atom is -0.320 e. The van der Waals surface area contributed by atoms with Gasteiger partial charge < -0.3 is 4.90 Å². The molecule has 4 rings (SSSR count). The summed E-state index contributed by atoms with van der Waals surface area (Å²) in [5.41, 5.74) is 3.56. The Kier molecular flexibility index (Phi) is 7.62. The smallest absolute Gasteiger partial charge is 0.320 e. The zero-order valence-electron chi connectivity index (χ0n) is 18.0. The third kappa shape index (κ3) is 5.79. The third-order valence-electron chi connectivity index (χ3n) is 5.80. The number of alkyl halides is 3. The molecule has 0 aromatic heterocycles. The van der Waals surface area contributed by atoms with E-state index in [9.17, 15) is 18.0 Å². The molecule has 182 valence electrons. The maximum atomic E-state index is 13.7. The molecule has 2 unspecified atom stereocenters. The number of benzene rings is 2. The maximum absolute atomic E-state index is 13.7. The topological polar surface area (TPSA) is 47.9 Å². The largest absolute Gasteiger partial charge is 0.391 e. The molecule has 2 aliphatic rings. The highest BCUT2D eigenvalue weighted by Gasteiger charge is 2.48. The third-order valence-corrected chi connectivity index (χ3v) is 6.60. The minimum atomic E-state index is -4.53. The van der Waals surface area contributed by atoms with Gasteiger partial charge in [0.15, 0.2) is 6.04 Å². The van der Waals surface area contributed by atoms with Gasteiger partial charge in [-0.3, -0.25) is 15.2 Å². The van der Waals surface area contributed by atoms with E-state index in [-0.39, 0.29) is 10.9 Å². The van der Waals surface area contributed by atoms with Gasteiger partial charge in [0, 0.05) is 34.4 Å². The van der Waals surface area contributed by atoms with Crippen LogP contribution in [0.2, 0.25) is 15.1 Å². The highest BCUT2D eigenvalue weighted by molar-refractivity contribution is 6.38. The Morgan fingerprint density at radius 2 is 1.65 bits per heavy atom. The van der Waals surface area contributed by atoms with Gasteiger partial charge in [-0.15, -0.1) is 0 Å². The zero-order chi connectivity index (χ0) is 24.5. The highest BCUT2D eigenvalue weighted by Crippen LogP contribution is 2.37. The van der Waals surface area contributed by atoms with Crippen LogP contribution in [0.15, 0.2) is 47.5 Å². The lowest BCUT2D eigenvalue weighted by Crippen LogP contribution is -2.53. The molecule has 0 radical (unpaired) electrons. The van der Waals surface area contributed by atoms with E-state index in [0.29, 0.717) is 34.4 Å². The van der Waals surface area contributed by atoms with Gasteiger partial charge in [0.25, 0.3) is 5.91 Å². The number of aliphatic imine (C=N–C) groups is 1. The van der Waals surface area contributed by atoms with Crippen LogP contribution in [0.5, 0.6) is 0 Å². The summed E-state index contributed by atoms with van der Waals surface area (Å²) in [6.45, 7) is 1.28. The van der Waals surface area contributed by atoms with E-state index < -0.39 is 30.6 Å². The van der Waals surface area contributed by atoms with Gasteiger partial charge in [-0.05, 0) is 55.3 Å². The normalized spacial score (nSPS) is 21.5. The van der Waals surface area contributed by atoms with Crippen molar-refractivity contribution in [2.24, 2.45) is 4.99 Å². The Morgan fingerprint density at radius 1 is 1.00 bits per heavy atom. The Balaban J connectivity index is 1.78. The molecule has 11 heteroatoms. The van der Waals surface area contributed by atoms with Crippen LogP contribution in [0.3, 0.4) is 0 Å². The molecule has 34 heavy (non-hydrogen) atoms. The summed E-state index contributed by atoms with van der Waals surface area (Å²) in [7, 11) is 0. The van der Waals surface area contributed by atoms with Crippen molar-refractivity contribution in [1.82, 2.24) is 10.4 Å². The highest BCUT2D eigenvalue weighted by atomic mass is 35.5. The second kappa shape index (κ2) is 10.3. The van der Waals surface area contributed by atoms with Crippen LogP contribution in [0, 0.1) is 0 Å². The van der Waals surface area contributed by atoms with Crippen LogP contribution in [-0.2, 0) is 4.79 Å². The summed E-state index contributed by atoms with van der Waals surface area (Å²) in [4.78, 5) is 19.1. The van der Waals surface area contributed by atoms with Crippen molar-refractivity contribution in [3.05, 3.63) is 63.1 Å². The Hall–Kier alpha value is -2.00. The number of hydrogen-bond acceptors (Lipinski definition) is 4. The first-order valence-electron chi connectivity index (χ1n) is 10.8. The second-order valence-corrected chi connectivity index (χ2v) is 9.56. The predicted octanol–water partition coefficient (Wildman–Crippen LogP) is 6.12. The average Bonchev–Trinajstić information content (AvgIpc) is 3.12. The first-order valence-corrected chi connectivity index (χ1v) is 12.0. The molecule has 5 nitrogen and oxygen atoms in total. The maximum Gasteiger partial charge on any atom is 0.391 e. The summed E-state index contributed by atoms with van der Waals surface area (Å²) in [5.74, 6) is -0.424. The van der Waals surface area contributed by atoms with Gasteiger partial charge in [0.1, 0.15) is 5.84 Å². The summed E-state index contributed by atoms with van der Waals surface area (Å²) in [5, 5.41) is 2.76. The van der Waals surface area contributed by atoms with Gasteiger partial charge in [-0.25, -0.2) is 5.01 Å². The molecule has 0 aliphatic carbocycles. The van der Waals surface area contributed by atoms with Crippen molar-refractivity contribution < 1.29 is 18.0 Å². The predicted molar refractivity (Wildman–Crippen MR) is 129 cm³/mol. The Labute approximate surface area is 210 Å². The molecular weight excluding hydrogens is 512 g/mol. The van der Waals surface area contributed by atoms with Gasteiger partial charge in [-0.1, -0.05) is 41.2 Å². The van der Waals surface area contributed by atoms with Crippen molar-refractivity contribution in [3.8, 4) is 0 Å². The molecule has 1 saturated heterocycles. The molecule has 0 saturated carbocycles. The molecule has 2 atom stereocenters. The average molecular weight is 534 g/mol. The van der Waals surface area contributed by atoms with Crippen LogP contribution in [0.25, 0.3) is 0 Å². The number of amidine groups is 1. The fraction of sp³-hybridized carbons (Fsp3) is 0.391. The summed E-state index contributed by atoms with van der Waals surface area (Å²) < 4.78 is 41.2. The monoisotopic (exact) mass is 532 g/mol. The van der Waals surface area contributed by atoms with Gasteiger partial charge in [-0.2, -0.15) is 13.2 Å². The molecule has 1 N–H and O–H groups in total. The molecule has 0 bridgehead atoms. The van der Waals surface area contributed by atoms with Crippen LogP contribution in [-0.4, -0.2) is 48.1 Å². The van der Waals surface area contributed by atoms with E-state index in [1.54, 1.807) is 41.4 Å². The number of nitrogens with zero attached hydrogens (tertiary/aromatic N) is 3. The van der Waals surface area contributed by atoms with Crippen LogP contribution < -0.4 is 10.3 Å². The number of halogens is 6. The van der Waals surface area contributed by atoms with Gasteiger partial charge in [0.05, 0.1) is 17.5 Å². The van der Waals surface area contributed by atoms with Crippen molar-refractivity contribution in [2.45, 2.75) is 43.9 Å². The molecule has 0 spiro atoms. The number of carbonyl (C=O) groups is 1. The Morgan fingerprint density at radius 3 is 2.26 bits per heavy atom. The van der Waals surface area contributed by atoms with E-state index >= 15 is 0 Å². The lowest BCUT2D eigenvalue weighted by atomic mass is 10.0. The van der Waals surface area contributed by atoms with Crippen molar-refractivity contribution in [3.63, 3.8) is 0 Å². The van der Waals surface area contributed by atoms with E-state index in [4.69, 9.17) is 34.8 Å². The fourth-order valence-corrected chi connectivity index (χ4v) is 4.88. The van der Waals surface area contributed by atoms with E-state index in [2.05, 4.69) is 10.4 Å². The number of hydrazine groups is 1. The summed E-state index contributed by atoms with van der Waals surface area (Å²) in [6, 6.07) is 8.36. The first kappa shape index (κ1) is 25.1. The molecule has 1 amide bonds.